The van der Waals surface area contributed by atoms with Gasteiger partial charge in [0.1, 0.15) is 0 Å². The van der Waals surface area contributed by atoms with Crippen LogP contribution in [0.5, 0.6) is 0 Å². The van der Waals surface area contributed by atoms with Gasteiger partial charge < -0.3 is 9.80 Å². The lowest BCUT2D eigenvalue weighted by Crippen LogP contribution is -2.48. The molecule has 1 aromatic carbocycles. The van der Waals surface area contributed by atoms with Crippen LogP contribution in [-0.4, -0.2) is 74.1 Å². The van der Waals surface area contributed by atoms with Gasteiger partial charge in [-0.15, -0.1) is 0 Å². The van der Waals surface area contributed by atoms with Crippen LogP contribution in [0.25, 0.3) is 0 Å². The molecule has 0 N–H and O–H groups in total. The molecule has 1 heterocycles. The zero-order chi connectivity index (χ0) is 17.7. The van der Waals surface area contributed by atoms with E-state index < -0.39 is 10.0 Å². The van der Waals surface area contributed by atoms with Crippen molar-refractivity contribution in [3.05, 3.63) is 29.8 Å². The molecule has 0 atom stereocenters. The molecule has 0 unspecified atom stereocenters. The molecule has 1 aliphatic rings. The van der Waals surface area contributed by atoms with Gasteiger partial charge in [-0.3, -0.25) is 9.59 Å². The highest BCUT2D eigenvalue weighted by Gasteiger charge is 2.24. The van der Waals surface area contributed by atoms with E-state index in [2.05, 4.69) is 0 Å². The van der Waals surface area contributed by atoms with E-state index in [4.69, 9.17) is 0 Å². The van der Waals surface area contributed by atoms with Gasteiger partial charge in [0.15, 0.2) is 0 Å². The monoisotopic (exact) mass is 353 g/mol. The zero-order valence-corrected chi connectivity index (χ0v) is 14.8. The topological polar surface area (TPSA) is 78.0 Å². The molecular weight excluding hydrogens is 330 g/mol. The summed E-state index contributed by atoms with van der Waals surface area (Å²) in [4.78, 5) is 26.7. The third-order valence-electron chi connectivity index (χ3n) is 4.20. The zero-order valence-electron chi connectivity index (χ0n) is 14.0. The summed E-state index contributed by atoms with van der Waals surface area (Å²) in [6.07, 6.45) is 0.786. The molecule has 1 fully saturated rings. The molecule has 1 aliphatic heterocycles. The number of nitrogens with zero attached hydrogens (tertiary/aromatic N) is 3. The Morgan fingerprint density at radius 2 is 1.62 bits per heavy atom. The van der Waals surface area contributed by atoms with Crippen molar-refractivity contribution in [3.8, 4) is 0 Å². The van der Waals surface area contributed by atoms with Crippen molar-refractivity contribution < 1.29 is 18.0 Å². The molecule has 0 aromatic heterocycles. The second-order valence-corrected chi connectivity index (χ2v) is 7.49. The van der Waals surface area contributed by atoms with Crippen molar-refractivity contribution in [1.82, 2.24) is 14.1 Å². The molecule has 0 aliphatic carbocycles. The minimum absolute atomic E-state index is 0.146. The van der Waals surface area contributed by atoms with E-state index in [0.717, 1.165) is 6.41 Å². The summed E-state index contributed by atoms with van der Waals surface area (Å²) in [6.45, 7) is 6.39. The molecule has 2 rings (SSSR count). The van der Waals surface area contributed by atoms with Crippen LogP contribution in [0.4, 0.5) is 0 Å². The summed E-state index contributed by atoms with van der Waals surface area (Å²) in [5, 5.41) is 0. The molecule has 2 amide bonds. The minimum atomic E-state index is -3.52. The van der Waals surface area contributed by atoms with E-state index in [0.29, 0.717) is 44.8 Å². The maximum Gasteiger partial charge on any atom is 0.253 e. The molecule has 0 bridgehead atoms. The fourth-order valence-corrected chi connectivity index (χ4v) is 4.15. The van der Waals surface area contributed by atoms with Crippen LogP contribution in [0.3, 0.4) is 0 Å². The van der Waals surface area contributed by atoms with Crippen LogP contribution in [0, 0.1) is 0 Å². The van der Waals surface area contributed by atoms with Crippen molar-refractivity contribution in [2.24, 2.45) is 0 Å². The number of hydrogen-bond acceptors (Lipinski definition) is 4. The third-order valence-corrected chi connectivity index (χ3v) is 6.26. The first kappa shape index (κ1) is 18.4. The molecule has 132 valence electrons. The number of benzene rings is 1. The fourth-order valence-electron chi connectivity index (χ4n) is 2.70. The third kappa shape index (κ3) is 3.76. The first-order valence-electron chi connectivity index (χ1n) is 8.02. The molecule has 0 saturated carbocycles. The Kier molecular flexibility index (Phi) is 5.95. The molecular formula is C16H23N3O4S. The van der Waals surface area contributed by atoms with E-state index in [1.807, 2.05) is 0 Å². The maximum atomic E-state index is 12.5. The first-order chi connectivity index (χ1) is 11.4. The van der Waals surface area contributed by atoms with Gasteiger partial charge in [-0.05, 0) is 24.3 Å². The number of rotatable bonds is 6. The molecule has 0 radical (unpaired) electrons. The van der Waals surface area contributed by atoms with Crippen LogP contribution in [0.1, 0.15) is 24.2 Å². The minimum Gasteiger partial charge on any atom is -0.342 e. The highest BCUT2D eigenvalue weighted by Crippen LogP contribution is 2.17. The standard InChI is InChI=1S/C16H23N3O4S/c1-3-19(4-2)24(22,23)15-7-5-14(6-8-15)16(21)18-11-9-17(13-20)10-12-18/h5-8,13H,3-4,9-12H2,1-2H3. The molecule has 8 heteroatoms. The van der Waals surface area contributed by atoms with Crippen molar-refractivity contribution in [2.45, 2.75) is 18.7 Å². The maximum absolute atomic E-state index is 12.5. The highest BCUT2D eigenvalue weighted by molar-refractivity contribution is 7.89. The smallest absolute Gasteiger partial charge is 0.253 e. The van der Waals surface area contributed by atoms with E-state index in [9.17, 15) is 18.0 Å². The van der Waals surface area contributed by atoms with Crippen molar-refractivity contribution >= 4 is 22.3 Å². The van der Waals surface area contributed by atoms with Gasteiger partial charge in [-0.2, -0.15) is 4.31 Å². The van der Waals surface area contributed by atoms with Crippen molar-refractivity contribution in [1.29, 1.82) is 0 Å². The van der Waals surface area contributed by atoms with Crippen LogP contribution < -0.4 is 0 Å². The number of carbonyl (C=O) groups excluding carboxylic acids is 2. The lowest BCUT2D eigenvalue weighted by molar-refractivity contribution is -0.119. The average Bonchev–Trinajstić information content (AvgIpc) is 2.62. The number of carbonyl (C=O) groups is 2. The summed E-state index contributed by atoms with van der Waals surface area (Å²) in [7, 11) is -3.52. The number of amides is 2. The summed E-state index contributed by atoms with van der Waals surface area (Å²) in [5.74, 6) is -0.146. The Morgan fingerprint density at radius 1 is 1.08 bits per heavy atom. The van der Waals surface area contributed by atoms with Gasteiger partial charge in [-0.1, -0.05) is 13.8 Å². The van der Waals surface area contributed by atoms with Gasteiger partial charge in [-0.25, -0.2) is 8.42 Å². The summed E-state index contributed by atoms with van der Waals surface area (Å²) in [6, 6.07) is 6.04. The van der Waals surface area contributed by atoms with E-state index in [-0.39, 0.29) is 10.8 Å². The fraction of sp³-hybridized carbons (Fsp3) is 0.500. The predicted octanol–water partition coefficient (Wildman–Crippen LogP) is 0.631. The second kappa shape index (κ2) is 7.76. The Balaban J connectivity index is 2.12. The number of piperazine rings is 1. The SMILES string of the molecule is CCN(CC)S(=O)(=O)c1ccc(C(=O)N2CCN(C=O)CC2)cc1. The molecule has 7 nitrogen and oxygen atoms in total. The highest BCUT2D eigenvalue weighted by atomic mass is 32.2. The first-order valence-corrected chi connectivity index (χ1v) is 9.46. The summed E-state index contributed by atoms with van der Waals surface area (Å²) < 4.78 is 26.3. The number of sulfonamides is 1. The Bertz CT molecular complexity index is 676. The lowest BCUT2D eigenvalue weighted by atomic mass is 10.2. The normalized spacial score (nSPS) is 15.6. The lowest BCUT2D eigenvalue weighted by Gasteiger charge is -2.32. The summed E-state index contributed by atoms with van der Waals surface area (Å²) in [5.41, 5.74) is 0.452. The predicted molar refractivity (Wildman–Crippen MR) is 90.1 cm³/mol. The largest absolute Gasteiger partial charge is 0.342 e. The van der Waals surface area contributed by atoms with Crippen molar-refractivity contribution in [2.75, 3.05) is 39.3 Å². The summed E-state index contributed by atoms with van der Waals surface area (Å²) >= 11 is 0. The molecule has 1 saturated heterocycles. The second-order valence-electron chi connectivity index (χ2n) is 5.55. The number of hydrogen-bond donors (Lipinski definition) is 0. The quantitative estimate of drug-likeness (QED) is 0.703. The van der Waals surface area contributed by atoms with Crippen LogP contribution in [0.15, 0.2) is 29.2 Å². The van der Waals surface area contributed by atoms with Crippen LogP contribution >= 0.6 is 0 Å². The van der Waals surface area contributed by atoms with Gasteiger partial charge in [0.25, 0.3) is 5.91 Å². The molecule has 1 aromatic rings. The Labute approximate surface area is 142 Å². The van der Waals surface area contributed by atoms with Crippen LogP contribution in [-0.2, 0) is 14.8 Å². The van der Waals surface area contributed by atoms with Gasteiger partial charge in [0.05, 0.1) is 4.90 Å². The van der Waals surface area contributed by atoms with E-state index >= 15 is 0 Å². The van der Waals surface area contributed by atoms with Gasteiger partial charge >= 0.3 is 0 Å². The molecule has 24 heavy (non-hydrogen) atoms. The van der Waals surface area contributed by atoms with Crippen LogP contribution in [0.2, 0.25) is 0 Å². The van der Waals surface area contributed by atoms with Gasteiger partial charge in [0, 0.05) is 44.8 Å². The average molecular weight is 353 g/mol. The van der Waals surface area contributed by atoms with E-state index in [1.54, 1.807) is 35.8 Å². The molecule has 0 spiro atoms. The Hall–Kier alpha value is -1.93. The van der Waals surface area contributed by atoms with Crippen molar-refractivity contribution in [3.63, 3.8) is 0 Å². The van der Waals surface area contributed by atoms with E-state index in [1.165, 1.54) is 16.4 Å². The Morgan fingerprint density at radius 3 is 2.08 bits per heavy atom. The van der Waals surface area contributed by atoms with Gasteiger partial charge in [0.2, 0.25) is 16.4 Å².